The minimum absolute atomic E-state index is 0.185. The number of nitrogens with one attached hydrogen (secondary N) is 1. The molecule has 0 aromatic carbocycles. The quantitative estimate of drug-likeness (QED) is 0.613. The predicted octanol–water partition coefficient (Wildman–Crippen LogP) is 0.196. The van der Waals surface area contributed by atoms with Gasteiger partial charge in [-0.1, -0.05) is 0 Å². The molecule has 1 aromatic heterocycles. The van der Waals surface area contributed by atoms with E-state index in [1.165, 1.54) is 6.26 Å². The third-order valence-electron chi connectivity index (χ3n) is 1.21. The molecule has 0 radical (unpaired) electrons. The van der Waals surface area contributed by atoms with Crippen molar-refractivity contribution in [1.82, 2.24) is 5.32 Å². The third-order valence-corrected chi connectivity index (χ3v) is 1.21. The fraction of sp³-hybridized carbons (Fsp3) is 0.429. The Labute approximate surface area is 64.8 Å². The molecular formula is C7H11NO3. The molecule has 0 bridgehead atoms. The first-order valence-corrected chi connectivity index (χ1v) is 3.34. The van der Waals surface area contributed by atoms with Gasteiger partial charge < -0.3 is 14.3 Å². The number of likely N-dealkylation sites (N-methyl/N-ethyl adjacent to an activating group) is 1. The highest BCUT2D eigenvalue weighted by Crippen LogP contribution is 2.09. The summed E-state index contributed by atoms with van der Waals surface area (Å²) in [6.07, 6.45) is 0.862. The lowest BCUT2D eigenvalue weighted by Crippen LogP contribution is -2.30. The molecule has 4 heteroatoms. The Morgan fingerprint density at radius 1 is 1.82 bits per heavy atom. The lowest BCUT2D eigenvalue weighted by atomic mass is 10.6. The van der Waals surface area contributed by atoms with Crippen LogP contribution in [0.15, 0.2) is 22.8 Å². The van der Waals surface area contributed by atoms with E-state index in [0.717, 1.165) is 0 Å². The van der Waals surface area contributed by atoms with E-state index in [2.05, 4.69) is 5.32 Å². The lowest BCUT2D eigenvalue weighted by molar-refractivity contribution is 0.0736. The van der Waals surface area contributed by atoms with Crippen molar-refractivity contribution >= 4 is 0 Å². The van der Waals surface area contributed by atoms with Crippen LogP contribution in [-0.2, 0) is 0 Å². The summed E-state index contributed by atoms with van der Waals surface area (Å²) in [6.45, 7) is 0.185. The largest absolute Gasteiger partial charge is 0.461 e. The Hall–Kier alpha value is -1.00. The van der Waals surface area contributed by atoms with Crippen LogP contribution in [0.4, 0.5) is 0 Å². The Balaban J connectivity index is 2.23. The predicted molar refractivity (Wildman–Crippen MR) is 39.3 cm³/mol. The van der Waals surface area contributed by atoms with Gasteiger partial charge in [-0.25, -0.2) is 0 Å². The van der Waals surface area contributed by atoms with E-state index in [1.54, 1.807) is 19.2 Å². The minimum Gasteiger partial charge on any atom is -0.461 e. The summed E-state index contributed by atoms with van der Waals surface area (Å²) in [5.74, 6) is 0.416. The Kier molecular flexibility index (Phi) is 2.95. The third kappa shape index (κ3) is 2.61. The van der Waals surface area contributed by atoms with E-state index in [0.29, 0.717) is 5.95 Å². The standard InChI is InChI=1S/C7H11NO3/c1-8-6(9)5-11-7-3-2-4-10-7/h2-4,6,8-9H,5H2,1H3. The second-order valence-corrected chi connectivity index (χ2v) is 2.05. The second kappa shape index (κ2) is 4.00. The fourth-order valence-corrected chi connectivity index (χ4v) is 0.590. The molecule has 0 aliphatic heterocycles. The van der Waals surface area contributed by atoms with Crippen molar-refractivity contribution in [3.63, 3.8) is 0 Å². The Morgan fingerprint density at radius 2 is 2.64 bits per heavy atom. The summed E-state index contributed by atoms with van der Waals surface area (Å²) in [5.41, 5.74) is 0. The number of aliphatic hydroxyl groups is 1. The van der Waals surface area contributed by atoms with Gasteiger partial charge in [0.05, 0.1) is 6.26 Å². The van der Waals surface area contributed by atoms with Gasteiger partial charge in [-0.3, -0.25) is 5.32 Å². The van der Waals surface area contributed by atoms with Gasteiger partial charge in [-0.15, -0.1) is 0 Å². The first-order valence-electron chi connectivity index (χ1n) is 3.34. The highest BCUT2D eigenvalue weighted by atomic mass is 16.6. The van der Waals surface area contributed by atoms with Crippen LogP contribution >= 0.6 is 0 Å². The monoisotopic (exact) mass is 157 g/mol. The van der Waals surface area contributed by atoms with Crippen LogP contribution in [0.2, 0.25) is 0 Å². The summed E-state index contributed by atoms with van der Waals surface area (Å²) >= 11 is 0. The van der Waals surface area contributed by atoms with E-state index in [-0.39, 0.29) is 6.61 Å². The number of hydrogen-bond acceptors (Lipinski definition) is 4. The second-order valence-electron chi connectivity index (χ2n) is 2.05. The van der Waals surface area contributed by atoms with Crippen LogP contribution in [0.3, 0.4) is 0 Å². The van der Waals surface area contributed by atoms with Crippen molar-refractivity contribution in [1.29, 1.82) is 0 Å². The zero-order valence-corrected chi connectivity index (χ0v) is 6.28. The summed E-state index contributed by atoms with van der Waals surface area (Å²) in [4.78, 5) is 0. The normalized spacial score (nSPS) is 12.9. The van der Waals surface area contributed by atoms with Crippen molar-refractivity contribution < 1.29 is 14.3 Å². The summed E-state index contributed by atoms with van der Waals surface area (Å²) in [5, 5.41) is 11.6. The number of hydrogen-bond donors (Lipinski definition) is 2. The summed E-state index contributed by atoms with van der Waals surface area (Å²) < 4.78 is 9.89. The van der Waals surface area contributed by atoms with Gasteiger partial charge in [0.15, 0.2) is 0 Å². The zero-order chi connectivity index (χ0) is 8.10. The van der Waals surface area contributed by atoms with Crippen molar-refractivity contribution in [2.45, 2.75) is 6.23 Å². The van der Waals surface area contributed by atoms with Crippen LogP contribution in [0, 0.1) is 0 Å². The highest BCUT2D eigenvalue weighted by Gasteiger charge is 2.01. The van der Waals surface area contributed by atoms with Crippen LogP contribution in [0.25, 0.3) is 0 Å². The maximum absolute atomic E-state index is 8.98. The van der Waals surface area contributed by atoms with Crippen molar-refractivity contribution in [2.75, 3.05) is 13.7 Å². The molecule has 0 saturated carbocycles. The molecule has 2 N–H and O–H groups in total. The Morgan fingerprint density at radius 3 is 3.18 bits per heavy atom. The number of rotatable bonds is 4. The van der Waals surface area contributed by atoms with Gasteiger partial charge in [-0.05, 0) is 13.1 Å². The van der Waals surface area contributed by atoms with E-state index in [4.69, 9.17) is 14.3 Å². The van der Waals surface area contributed by atoms with Crippen LogP contribution in [0.5, 0.6) is 5.95 Å². The average molecular weight is 157 g/mol. The van der Waals surface area contributed by atoms with Crippen LogP contribution in [-0.4, -0.2) is 25.0 Å². The molecule has 1 aromatic rings. The topological polar surface area (TPSA) is 54.6 Å². The molecule has 0 fully saturated rings. The summed E-state index contributed by atoms with van der Waals surface area (Å²) in [7, 11) is 1.65. The molecule has 0 aliphatic carbocycles. The lowest BCUT2D eigenvalue weighted by Gasteiger charge is -2.08. The molecule has 1 atom stereocenters. The molecule has 1 rings (SSSR count). The molecule has 1 unspecified atom stereocenters. The molecule has 0 aliphatic rings. The van der Waals surface area contributed by atoms with Crippen molar-refractivity contribution in [3.8, 4) is 5.95 Å². The average Bonchev–Trinajstić information content (AvgIpc) is 2.52. The van der Waals surface area contributed by atoms with E-state index in [9.17, 15) is 0 Å². The van der Waals surface area contributed by atoms with Crippen molar-refractivity contribution in [3.05, 3.63) is 18.4 Å². The maximum Gasteiger partial charge on any atom is 0.284 e. The number of ether oxygens (including phenoxy) is 1. The first-order chi connectivity index (χ1) is 5.33. The zero-order valence-electron chi connectivity index (χ0n) is 6.28. The number of aliphatic hydroxyl groups excluding tert-OH is 1. The highest BCUT2D eigenvalue weighted by molar-refractivity contribution is 5.03. The smallest absolute Gasteiger partial charge is 0.284 e. The molecule has 0 amide bonds. The molecule has 0 saturated heterocycles. The molecule has 0 spiro atoms. The van der Waals surface area contributed by atoms with Gasteiger partial charge in [0, 0.05) is 6.07 Å². The van der Waals surface area contributed by atoms with Crippen molar-refractivity contribution in [2.24, 2.45) is 0 Å². The molecule has 11 heavy (non-hydrogen) atoms. The SMILES string of the molecule is CNC(O)COc1ccco1. The van der Waals surface area contributed by atoms with Crippen LogP contribution < -0.4 is 10.1 Å². The van der Waals surface area contributed by atoms with Gasteiger partial charge in [-0.2, -0.15) is 0 Å². The fourth-order valence-electron chi connectivity index (χ4n) is 0.590. The van der Waals surface area contributed by atoms with E-state index in [1.807, 2.05) is 0 Å². The van der Waals surface area contributed by atoms with Gasteiger partial charge in [0.1, 0.15) is 12.8 Å². The first kappa shape index (κ1) is 8.10. The van der Waals surface area contributed by atoms with Gasteiger partial charge in [0.25, 0.3) is 5.95 Å². The molecule has 1 heterocycles. The van der Waals surface area contributed by atoms with E-state index < -0.39 is 6.23 Å². The molecule has 62 valence electrons. The van der Waals surface area contributed by atoms with Crippen LogP contribution in [0.1, 0.15) is 0 Å². The number of furan rings is 1. The maximum atomic E-state index is 8.98. The van der Waals surface area contributed by atoms with Gasteiger partial charge in [0.2, 0.25) is 0 Å². The summed E-state index contributed by atoms with van der Waals surface area (Å²) in [6, 6.07) is 3.41. The van der Waals surface area contributed by atoms with E-state index >= 15 is 0 Å². The minimum atomic E-state index is -0.653. The molecular weight excluding hydrogens is 146 g/mol. The van der Waals surface area contributed by atoms with Gasteiger partial charge >= 0.3 is 0 Å². The Bertz CT molecular complexity index is 186. The molecule has 4 nitrogen and oxygen atoms in total.